The Balaban J connectivity index is 2.33. The van der Waals surface area contributed by atoms with Crippen LogP contribution in [0.5, 0.6) is 0 Å². The normalized spacial score (nSPS) is 25.9. The lowest BCUT2D eigenvalue weighted by atomic mass is 9.96. The van der Waals surface area contributed by atoms with Crippen molar-refractivity contribution in [2.75, 3.05) is 33.2 Å². The fraction of sp³-hybridized carbons (Fsp3) is 0.917. The molecule has 0 aromatic carbocycles. The van der Waals surface area contributed by atoms with Crippen LogP contribution in [0.3, 0.4) is 0 Å². The third-order valence-electron chi connectivity index (χ3n) is 2.97. The van der Waals surface area contributed by atoms with Crippen LogP contribution in [0.25, 0.3) is 0 Å². The van der Waals surface area contributed by atoms with E-state index in [1.165, 1.54) is 0 Å². The molecule has 1 saturated heterocycles. The number of hydrogen-bond donors (Lipinski definition) is 2. The standard InChI is InChI=1S/C12H25N3O2/c1-12(2,3)17-11(16)14-6-10-8-15(4)7-9(10)5-13/h9-10H,5-8,13H2,1-4H3,(H,14,16). The Kier molecular flexibility index (Phi) is 4.77. The van der Waals surface area contributed by atoms with Gasteiger partial charge in [0.25, 0.3) is 0 Å². The molecule has 1 heterocycles. The summed E-state index contributed by atoms with van der Waals surface area (Å²) in [5, 5.41) is 2.82. The zero-order valence-corrected chi connectivity index (χ0v) is 11.3. The summed E-state index contributed by atoms with van der Waals surface area (Å²) in [7, 11) is 2.08. The van der Waals surface area contributed by atoms with Gasteiger partial charge in [0, 0.05) is 19.6 Å². The Bertz CT molecular complexity index is 263. The average Bonchev–Trinajstić information content (AvgIpc) is 2.53. The highest BCUT2D eigenvalue weighted by Gasteiger charge is 2.30. The number of hydrogen-bond acceptors (Lipinski definition) is 4. The van der Waals surface area contributed by atoms with Crippen LogP contribution in [0, 0.1) is 11.8 Å². The van der Waals surface area contributed by atoms with E-state index in [-0.39, 0.29) is 6.09 Å². The molecule has 17 heavy (non-hydrogen) atoms. The average molecular weight is 243 g/mol. The molecule has 5 heteroatoms. The van der Waals surface area contributed by atoms with Gasteiger partial charge in [0.1, 0.15) is 5.60 Å². The van der Waals surface area contributed by atoms with Crippen LogP contribution in [0.2, 0.25) is 0 Å². The number of carbonyl (C=O) groups excluding carboxylic acids is 1. The van der Waals surface area contributed by atoms with Crippen LogP contribution in [0.15, 0.2) is 0 Å². The Hall–Kier alpha value is -0.810. The zero-order valence-electron chi connectivity index (χ0n) is 11.3. The Morgan fingerprint density at radius 2 is 2.00 bits per heavy atom. The largest absolute Gasteiger partial charge is 0.444 e. The second-order valence-electron chi connectivity index (χ2n) is 5.86. The van der Waals surface area contributed by atoms with Crippen LogP contribution in [0.4, 0.5) is 4.79 Å². The number of nitrogens with one attached hydrogen (secondary N) is 1. The summed E-state index contributed by atoms with van der Waals surface area (Å²) in [6.45, 7) is 8.89. The van der Waals surface area contributed by atoms with E-state index in [0.717, 1.165) is 13.1 Å². The van der Waals surface area contributed by atoms with Crippen LogP contribution in [-0.2, 0) is 4.74 Å². The molecule has 1 fully saturated rings. The summed E-state index contributed by atoms with van der Waals surface area (Å²) in [6.07, 6.45) is -0.345. The minimum Gasteiger partial charge on any atom is -0.444 e. The maximum Gasteiger partial charge on any atom is 0.407 e. The molecule has 1 aliphatic rings. The topological polar surface area (TPSA) is 67.6 Å². The summed E-state index contributed by atoms with van der Waals surface area (Å²) < 4.78 is 5.20. The van der Waals surface area contributed by atoms with E-state index in [2.05, 4.69) is 17.3 Å². The third kappa shape index (κ3) is 4.91. The number of ether oxygens (including phenoxy) is 1. The molecule has 0 radical (unpaired) electrons. The molecule has 0 spiro atoms. The van der Waals surface area contributed by atoms with Gasteiger partial charge >= 0.3 is 6.09 Å². The van der Waals surface area contributed by atoms with Crippen molar-refractivity contribution in [2.45, 2.75) is 26.4 Å². The number of likely N-dealkylation sites (tertiary alicyclic amines) is 1. The SMILES string of the molecule is CN1CC(CN)C(CNC(=O)OC(C)(C)C)C1. The van der Waals surface area contributed by atoms with Crippen molar-refractivity contribution in [3.05, 3.63) is 0 Å². The van der Waals surface area contributed by atoms with E-state index < -0.39 is 5.60 Å². The van der Waals surface area contributed by atoms with Gasteiger partial charge in [0.2, 0.25) is 0 Å². The van der Waals surface area contributed by atoms with Gasteiger partial charge in [-0.1, -0.05) is 0 Å². The van der Waals surface area contributed by atoms with Crippen molar-refractivity contribution in [3.63, 3.8) is 0 Å². The summed E-state index contributed by atoms with van der Waals surface area (Å²) in [4.78, 5) is 13.8. The van der Waals surface area contributed by atoms with Crippen LogP contribution in [0.1, 0.15) is 20.8 Å². The first-order valence-corrected chi connectivity index (χ1v) is 6.17. The van der Waals surface area contributed by atoms with Gasteiger partial charge in [-0.15, -0.1) is 0 Å². The first-order chi connectivity index (χ1) is 7.81. The molecule has 0 saturated carbocycles. The molecule has 2 unspecified atom stereocenters. The van der Waals surface area contributed by atoms with Gasteiger partial charge in [-0.3, -0.25) is 0 Å². The molecule has 0 bridgehead atoms. The molecule has 100 valence electrons. The number of nitrogens with two attached hydrogens (primary N) is 1. The zero-order chi connectivity index (χ0) is 13.1. The molecule has 2 atom stereocenters. The predicted octanol–water partition coefficient (Wildman–Crippen LogP) is 0.648. The lowest BCUT2D eigenvalue weighted by Crippen LogP contribution is -2.38. The van der Waals surface area contributed by atoms with Crippen molar-refractivity contribution in [1.29, 1.82) is 0 Å². The molecule has 1 rings (SSSR count). The molecule has 3 N–H and O–H groups in total. The Labute approximate surface area is 104 Å². The summed E-state index contributed by atoms with van der Waals surface area (Å²) in [6, 6.07) is 0. The van der Waals surface area contributed by atoms with Crippen molar-refractivity contribution in [3.8, 4) is 0 Å². The summed E-state index contributed by atoms with van der Waals surface area (Å²) >= 11 is 0. The van der Waals surface area contributed by atoms with Gasteiger partial charge < -0.3 is 20.7 Å². The molecule has 1 amide bonds. The number of carbonyl (C=O) groups is 1. The molecule has 0 aromatic rings. The van der Waals surface area contributed by atoms with Crippen molar-refractivity contribution < 1.29 is 9.53 Å². The maximum absolute atomic E-state index is 11.5. The number of nitrogens with zero attached hydrogens (tertiary/aromatic N) is 1. The lowest BCUT2D eigenvalue weighted by Gasteiger charge is -2.22. The number of amides is 1. The Morgan fingerprint density at radius 1 is 1.41 bits per heavy atom. The van der Waals surface area contributed by atoms with Gasteiger partial charge in [-0.25, -0.2) is 4.79 Å². The maximum atomic E-state index is 11.5. The minimum atomic E-state index is -0.441. The summed E-state index contributed by atoms with van der Waals surface area (Å²) in [5.74, 6) is 0.896. The van der Waals surface area contributed by atoms with E-state index in [0.29, 0.717) is 24.9 Å². The van der Waals surface area contributed by atoms with Crippen LogP contribution < -0.4 is 11.1 Å². The molecule has 0 aromatic heterocycles. The number of rotatable bonds is 3. The first-order valence-electron chi connectivity index (χ1n) is 6.17. The smallest absolute Gasteiger partial charge is 0.407 e. The lowest BCUT2D eigenvalue weighted by molar-refractivity contribution is 0.0517. The molecular formula is C12H25N3O2. The summed E-state index contributed by atoms with van der Waals surface area (Å²) in [5.41, 5.74) is 5.28. The fourth-order valence-electron chi connectivity index (χ4n) is 2.20. The van der Waals surface area contributed by atoms with E-state index in [9.17, 15) is 4.79 Å². The van der Waals surface area contributed by atoms with Crippen molar-refractivity contribution in [1.82, 2.24) is 10.2 Å². The number of alkyl carbamates (subject to hydrolysis) is 1. The van der Waals surface area contributed by atoms with E-state index in [4.69, 9.17) is 10.5 Å². The highest BCUT2D eigenvalue weighted by atomic mass is 16.6. The first kappa shape index (κ1) is 14.3. The van der Waals surface area contributed by atoms with Crippen LogP contribution in [-0.4, -0.2) is 49.8 Å². The monoisotopic (exact) mass is 243 g/mol. The second-order valence-corrected chi connectivity index (χ2v) is 5.86. The van der Waals surface area contributed by atoms with Gasteiger partial charge in [-0.05, 0) is 46.2 Å². The van der Waals surface area contributed by atoms with Gasteiger partial charge in [-0.2, -0.15) is 0 Å². The third-order valence-corrected chi connectivity index (χ3v) is 2.97. The van der Waals surface area contributed by atoms with E-state index >= 15 is 0 Å². The highest BCUT2D eigenvalue weighted by molar-refractivity contribution is 5.67. The van der Waals surface area contributed by atoms with Crippen LogP contribution >= 0.6 is 0 Å². The van der Waals surface area contributed by atoms with Gasteiger partial charge in [0.15, 0.2) is 0 Å². The fourth-order valence-corrected chi connectivity index (χ4v) is 2.20. The molecule has 1 aliphatic heterocycles. The van der Waals surface area contributed by atoms with Crippen molar-refractivity contribution in [2.24, 2.45) is 17.6 Å². The molecular weight excluding hydrogens is 218 g/mol. The quantitative estimate of drug-likeness (QED) is 0.763. The Morgan fingerprint density at radius 3 is 2.53 bits per heavy atom. The van der Waals surface area contributed by atoms with Gasteiger partial charge in [0.05, 0.1) is 0 Å². The highest BCUT2D eigenvalue weighted by Crippen LogP contribution is 2.20. The van der Waals surface area contributed by atoms with E-state index in [1.807, 2.05) is 20.8 Å². The van der Waals surface area contributed by atoms with Crippen molar-refractivity contribution >= 4 is 6.09 Å². The molecule has 5 nitrogen and oxygen atoms in total. The van der Waals surface area contributed by atoms with E-state index in [1.54, 1.807) is 0 Å². The minimum absolute atomic E-state index is 0.345. The predicted molar refractivity (Wildman–Crippen MR) is 67.8 cm³/mol. The second kappa shape index (κ2) is 5.69. The molecule has 0 aliphatic carbocycles.